The molecule has 0 bridgehead atoms. The lowest BCUT2D eigenvalue weighted by atomic mass is 9.85. The predicted octanol–water partition coefficient (Wildman–Crippen LogP) is 4.30. The molecular formula is C24H27ClN6O3. The molecule has 2 fully saturated rings. The van der Waals surface area contributed by atoms with Crippen LogP contribution in [0.2, 0.25) is 5.02 Å². The Bertz CT molecular complexity index is 1200. The molecular weight excluding hydrogens is 456 g/mol. The van der Waals surface area contributed by atoms with Crippen molar-refractivity contribution in [3.05, 3.63) is 41.4 Å². The summed E-state index contributed by atoms with van der Waals surface area (Å²) in [6, 6.07) is 5.35. The highest BCUT2D eigenvalue weighted by molar-refractivity contribution is 6.30. The summed E-state index contributed by atoms with van der Waals surface area (Å²) in [5.41, 5.74) is 7.18. The van der Waals surface area contributed by atoms with E-state index in [1.165, 1.54) is 25.2 Å². The molecule has 3 aromatic heterocycles. The number of hydrogen-bond donors (Lipinski definition) is 3. The van der Waals surface area contributed by atoms with Gasteiger partial charge < -0.3 is 25.7 Å². The van der Waals surface area contributed by atoms with Gasteiger partial charge in [-0.15, -0.1) is 0 Å². The number of nitrogens with one attached hydrogen (secondary N) is 2. The molecule has 0 radical (unpaired) electrons. The second-order valence-electron chi connectivity index (χ2n) is 8.98. The van der Waals surface area contributed by atoms with E-state index in [2.05, 4.69) is 25.5 Å². The predicted molar refractivity (Wildman–Crippen MR) is 131 cm³/mol. The monoisotopic (exact) mass is 482 g/mol. The van der Waals surface area contributed by atoms with Crippen molar-refractivity contribution in [1.82, 2.24) is 14.9 Å². The number of fused-ring (bicyclic) bond motifs is 1. The fourth-order valence-corrected chi connectivity index (χ4v) is 5.04. The van der Waals surface area contributed by atoms with Crippen molar-refractivity contribution in [2.75, 3.05) is 29.5 Å². The number of aromatic nitrogens is 2. The van der Waals surface area contributed by atoms with Gasteiger partial charge in [0.15, 0.2) is 5.58 Å². The van der Waals surface area contributed by atoms with E-state index in [4.69, 9.17) is 21.8 Å². The van der Waals surface area contributed by atoms with Crippen molar-refractivity contribution in [1.29, 1.82) is 0 Å². The number of nitrogens with two attached hydrogens (primary N) is 1. The van der Waals surface area contributed by atoms with E-state index in [0.29, 0.717) is 33.7 Å². The van der Waals surface area contributed by atoms with Crippen LogP contribution in [0.3, 0.4) is 0 Å². The Kier molecular flexibility index (Phi) is 6.38. The third-order valence-electron chi connectivity index (χ3n) is 6.70. The van der Waals surface area contributed by atoms with Crippen LogP contribution in [0.25, 0.3) is 11.1 Å². The van der Waals surface area contributed by atoms with Crippen LogP contribution in [-0.4, -0.2) is 45.8 Å². The Morgan fingerprint density at radius 1 is 1.06 bits per heavy atom. The van der Waals surface area contributed by atoms with Crippen molar-refractivity contribution in [2.45, 2.75) is 44.6 Å². The molecule has 9 nitrogen and oxygen atoms in total. The van der Waals surface area contributed by atoms with Crippen LogP contribution in [0.4, 0.5) is 17.2 Å². The fourth-order valence-electron chi connectivity index (χ4n) is 4.93. The van der Waals surface area contributed by atoms with Gasteiger partial charge in [0.2, 0.25) is 11.7 Å². The SMILES string of the molecule is Nc1cnc2c(NC(=O)C3CCC(N4CCCC4)CC3)c(C(=O)Nc3ccc(Cl)cn3)oc2c1. The minimum atomic E-state index is -0.556. The van der Waals surface area contributed by atoms with Gasteiger partial charge in [-0.1, -0.05) is 11.6 Å². The van der Waals surface area contributed by atoms with Crippen LogP contribution in [0.5, 0.6) is 0 Å². The minimum absolute atomic E-state index is 0.0519. The maximum Gasteiger partial charge on any atom is 0.294 e. The molecule has 1 saturated carbocycles. The van der Waals surface area contributed by atoms with Gasteiger partial charge in [-0.25, -0.2) is 9.97 Å². The average Bonchev–Trinajstić information content (AvgIpc) is 3.49. The lowest BCUT2D eigenvalue weighted by molar-refractivity contribution is -0.121. The summed E-state index contributed by atoms with van der Waals surface area (Å²) in [6.45, 7) is 2.33. The number of carbonyl (C=O) groups excluding carboxylic acids is 2. The Hall–Kier alpha value is -3.17. The molecule has 1 aliphatic carbocycles. The van der Waals surface area contributed by atoms with E-state index >= 15 is 0 Å². The van der Waals surface area contributed by atoms with Crippen LogP contribution in [0.15, 0.2) is 35.0 Å². The summed E-state index contributed by atoms with van der Waals surface area (Å²) in [7, 11) is 0. The van der Waals surface area contributed by atoms with Gasteiger partial charge in [0.1, 0.15) is 17.0 Å². The highest BCUT2D eigenvalue weighted by atomic mass is 35.5. The third kappa shape index (κ3) is 4.71. The summed E-state index contributed by atoms with van der Waals surface area (Å²) in [6.07, 6.45) is 9.09. The number of likely N-dealkylation sites (tertiary alicyclic amines) is 1. The molecule has 0 spiro atoms. The summed E-state index contributed by atoms with van der Waals surface area (Å²) < 4.78 is 5.78. The fraction of sp³-hybridized carbons (Fsp3) is 0.417. The van der Waals surface area contributed by atoms with Gasteiger partial charge in [-0.3, -0.25) is 9.59 Å². The quantitative estimate of drug-likeness (QED) is 0.494. The zero-order chi connectivity index (χ0) is 23.7. The number of furan rings is 1. The number of nitrogen functional groups attached to an aromatic ring is 1. The molecule has 34 heavy (non-hydrogen) atoms. The van der Waals surface area contributed by atoms with Crippen molar-refractivity contribution < 1.29 is 14.0 Å². The van der Waals surface area contributed by atoms with Crippen molar-refractivity contribution in [3.8, 4) is 0 Å². The van der Waals surface area contributed by atoms with E-state index < -0.39 is 5.91 Å². The molecule has 178 valence electrons. The molecule has 1 saturated heterocycles. The molecule has 4 N–H and O–H groups in total. The smallest absolute Gasteiger partial charge is 0.294 e. The Balaban J connectivity index is 1.34. The number of anilines is 3. The summed E-state index contributed by atoms with van der Waals surface area (Å²) in [4.78, 5) is 37.2. The second kappa shape index (κ2) is 9.60. The summed E-state index contributed by atoms with van der Waals surface area (Å²) >= 11 is 5.87. The normalized spacial score (nSPS) is 21.0. The average molecular weight is 483 g/mol. The molecule has 1 aliphatic heterocycles. The number of hydrogen-bond acceptors (Lipinski definition) is 7. The van der Waals surface area contributed by atoms with E-state index in [1.54, 1.807) is 18.2 Å². The van der Waals surface area contributed by atoms with E-state index in [9.17, 15) is 9.59 Å². The van der Waals surface area contributed by atoms with Crippen LogP contribution in [0.1, 0.15) is 49.1 Å². The number of rotatable bonds is 5. The zero-order valence-electron chi connectivity index (χ0n) is 18.7. The summed E-state index contributed by atoms with van der Waals surface area (Å²) in [5.74, 6) is -0.547. The van der Waals surface area contributed by atoms with Crippen LogP contribution < -0.4 is 16.4 Å². The summed E-state index contributed by atoms with van der Waals surface area (Å²) in [5, 5.41) is 6.06. The first-order valence-corrected chi connectivity index (χ1v) is 12.0. The number of halogens is 1. The largest absolute Gasteiger partial charge is 0.447 e. The first-order chi connectivity index (χ1) is 16.5. The molecule has 5 rings (SSSR count). The Morgan fingerprint density at radius 3 is 2.53 bits per heavy atom. The molecule has 0 unspecified atom stereocenters. The number of amides is 2. The van der Waals surface area contributed by atoms with Crippen molar-refractivity contribution in [2.24, 2.45) is 5.92 Å². The molecule has 4 heterocycles. The van der Waals surface area contributed by atoms with Gasteiger partial charge in [0.25, 0.3) is 5.91 Å². The van der Waals surface area contributed by atoms with Crippen LogP contribution >= 0.6 is 11.6 Å². The molecule has 10 heteroatoms. The van der Waals surface area contributed by atoms with Crippen LogP contribution in [0, 0.1) is 5.92 Å². The highest BCUT2D eigenvalue weighted by Gasteiger charge is 2.32. The number of carbonyl (C=O) groups is 2. The maximum atomic E-state index is 13.2. The molecule has 0 atom stereocenters. The zero-order valence-corrected chi connectivity index (χ0v) is 19.5. The minimum Gasteiger partial charge on any atom is -0.447 e. The molecule has 2 amide bonds. The number of pyridine rings is 2. The van der Waals surface area contributed by atoms with Gasteiger partial charge in [-0.05, 0) is 63.7 Å². The molecule has 0 aromatic carbocycles. The topological polar surface area (TPSA) is 126 Å². The standard InChI is InChI=1S/C24H27ClN6O3/c25-15-5-8-19(27-12-15)29-24(33)22-21(20-18(34-22)11-16(26)13-28-20)30-23(32)14-3-6-17(7-4-14)31-9-1-2-10-31/h5,8,11-14,17H,1-4,6-7,9-10,26H2,(H,30,32)(H,27,29,33). The lowest BCUT2D eigenvalue weighted by Crippen LogP contribution is -2.38. The van der Waals surface area contributed by atoms with E-state index in [0.717, 1.165) is 38.8 Å². The first-order valence-electron chi connectivity index (χ1n) is 11.6. The highest BCUT2D eigenvalue weighted by Crippen LogP contribution is 2.34. The van der Waals surface area contributed by atoms with Crippen molar-refractivity contribution in [3.63, 3.8) is 0 Å². The second-order valence-corrected chi connectivity index (χ2v) is 9.41. The van der Waals surface area contributed by atoms with E-state index in [-0.39, 0.29) is 23.3 Å². The first kappa shape index (κ1) is 22.6. The Morgan fingerprint density at radius 2 is 1.82 bits per heavy atom. The van der Waals surface area contributed by atoms with Crippen LogP contribution in [-0.2, 0) is 4.79 Å². The van der Waals surface area contributed by atoms with Crippen molar-refractivity contribution >= 4 is 51.7 Å². The third-order valence-corrected chi connectivity index (χ3v) is 6.92. The maximum absolute atomic E-state index is 13.2. The number of nitrogens with zero attached hydrogens (tertiary/aromatic N) is 3. The van der Waals surface area contributed by atoms with Gasteiger partial charge in [0, 0.05) is 24.2 Å². The van der Waals surface area contributed by atoms with E-state index in [1.807, 2.05) is 0 Å². The van der Waals surface area contributed by atoms with Gasteiger partial charge >= 0.3 is 0 Å². The van der Waals surface area contributed by atoms with Gasteiger partial charge in [-0.2, -0.15) is 0 Å². The molecule has 3 aromatic rings. The molecule has 2 aliphatic rings. The lowest BCUT2D eigenvalue weighted by Gasteiger charge is -2.33. The van der Waals surface area contributed by atoms with Gasteiger partial charge in [0.05, 0.1) is 16.9 Å². The Labute approximate surface area is 202 Å².